The molecule has 0 aliphatic heterocycles. The fraction of sp³-hybridized carbons (Fsp3) is 0.214. The standard InChI is InChI=1S/C14H16O2/c1-3-13(16-14(15)4-2)11-10-12-8-6-5-7-9-12/h3-9,13H,1-2,10-11H2. The lowest BCUT2D eigenvalue weighted by Crippen LogP contribution is -2.14. The van der Waals surface area contributed by atoms with Gasteiger partial charge in [-0.2, -0.15) is 0 Å². The summed E-state index contributed by atoms with van der Waals surface area (Å²) >= 11 is 0. The first-order valence-corrected chi connectivity index (χ1v) is 5.25. The Morgan fingerprint density at radius 3 is 2.56 bits per heavy atom. The van der Waals surface area contributed by atoms with E-state index in [1.807, 2.05) is 18.2 Å². The van der Waals surface area contributed by atoms with Gasteiger partial charge in [-0.1, -0.05) is 49.6 Å². The number of aryl methyl sites for hydroxylation is 1. The van der Waals surface area contributed by atoms with Gasteiger partial charge in [0.25, 0.3) is 0 Å². The molecule has 2 nitrogen and oxygen atoms in total. The zero-order chi connectivity index (χ0) is 11.8. The van der Waals surface area contributed by atoms with E-state index in [4.69, 9.17) is 4.74 Å². The molecule has 0 saturated heterocycles. The maximum Gasteiger partial charge on any atom is 0.330 e. The van der Waals surface area contributed by atoms with Gasteiger partial charge in [0.15, 0.2) is 0 Å². The summed E-state index contributed by atoms with van der Waals surface area (Å²) < 4.78 is 5.10. The van der Waals surface area contributed by atoms with Crippen LogP contribution in [0.2, 0.25) is 0 Å². The van der Waals surface area contributed by atoms with Crippen molar-refractivity contribution in [3.8, 4) is 0 Å². The third kappa shape index (κ3) is 4.13. The summed E-state index contributed by atoms with van der Waals surface area (Å²) in [5.41, 5.74) is 1.23. The van der Waals surface area contributed by atoms with Gasteiger partial charge in [-0.05, 0) is 18.4 Å². The van der Waals surface area contributed by atoms with Crippen molar-refractivity contribution in [3.63, 3.8) is 0 Å². The van der Waals surface area contributed by atoms with Gasteiger partial charge in [-0.15, -0.1) is 0 Å². The van der Waals surface area contributed by atoms with Crippen LogP contribution in [0.5, 0.6) is 0 Å². The van der Waals surface area contributed by atoms with Crippen LogP contribution >= 0.6 is 0 Å². The largest absolute Gasteiger partial charge is 0.455 e. The molecule has 0 aliphatic carbocycles. The molecule has 1 unspecified atom stereocenters. The molecular formula is C14H16O2. The van der Waals surface area contributed by atoms with Crippen LogP contribution in [0, 0.1) is 0 Å². The summed E-state index contributed by atoms with van der Waals surface area (Å²) in [4.78, 5) is 11.0. The van der Waals surface area contributed by atoms with Crippen molar-refractivity contribution in [2.24, 2.45) is 0 Å². The van der Waals surface area contributed by atoms with E-state index in [-0.39, 0.29) is 6.10 Å². The molecule has 16 heavy (non-hydrogen) atoms. The van der Waals surface area contributed by atoms with Crippen molar-refractivity contribution in [3.05, 3.63) is 61.2 Å². The first-order valence-electron chi connectivity index (χ1n) is 5.25. The Bertz CT molecular complexity index is 354. The molecular weight excluding hydrogens is 200 g/mol. The molecule has 0 fully saturated rings. The molecule has 0 aromatic heterocycles. The molecule has 0 aliphatic rings. The van der Waals surface area contributed by atoms with E-state index in [0.29, 0.717) is 0 Å². The zero-order valence-electron chi connectivity index (χ0n) is 9.26. The fourth-order valence-corrected chi connectivity index (χ4v) is 1.38. The van der Waals surface area contributed by atoms with Crippen LogP contribution in [0.25, 0.3) is 0 Å². The van der Waals surface area contributed by atoms with Crippen molar-refractivity contribution in [1.82, 2.24) is 0 Å². The Labute approximate surface area is 96.2 Å². The molecule has 2 heteroatoms. The van der Waals surface area contributed by atoms with E-state index in [2.05, 4.69) is 25.3 Å². The average Bonchev–Trinajstić information content (AvgIpc) is 2.35. The maximum absolute atomic E-state index is 11.0. The third-order valence-electron chi connectivity index (χ3n) is 2.26. The number of carbonyl (C=O) groups is 1. The number of benzene rings is 1. The van der Waals surface area contributed by atoms with Crippen LogP contribution in [-0.2, 0) is 16.0 Å². The average molecular weight is 216 g/mol. The summed E-state index contributed by atoms with van der Waals surface area (Å²) in [6.45, 7) is 7.01. The monoisotopic (exact) mass is 216 g/mol. The highest BCUT2D eigenvalue weighted by Crippen LogP contribution is 2.08. The SMILES string of the molecule is C=CC(=O)OC(C=C)CCc1ccccc1. The van der Waals surface area contributed by atoms with Gasteiger partial charge in [0, 0.05) is 6.08 Å². The summed E-state index contributed by atoms with van der Waals surface area (Å²) in [6, 6.07) is 10.1. The van der Waals surface area contributed by atoms with Crippen molar-refractivity contribution in [1.29, 1.82) is 0 Å². The van der Waals surface area contributed by atoms with Crippen LogP contribution in [0.3, 0.4) is 0 Å². The lowest BCUT2D eigenvalue weighted by atomic mass is 10.1. The van der Waals surface area contributed by atoms with Crippen molar-refractivity contribution in [2.75, 3.05) is 0 Å². The van der Waals surface area contributed by atoms with Crippen molar-refractivity contribution in [2.45, 2.75) is 18.9 Å². The quantitative estimate of drug-likeness (QED) is 0.415. The van der Waals surface area contributed by atoms with Crippen LogP contribution in [0.4, 0.5) is 0 Å². The van der Waals surface area contributed by atoms with E-state index in [1.54, 1.807) is 6.08 Å². The predicted octanol–water partition coefficient (Wildman–Crippen LogP) is 2.90. The highest BCUT2D eigenvalue weighted by Gasteiger charge is 2.08. The number of esters is 1. The predicted molar refractivity (Wildman–Crippen MR) is 65.0 cm³/mol. The minimum absolute atomic E-state index is 0.245. The molecule has 0 heterocycles. The molecule has 84 valence electrons. The van der Waals surface area contributed by atoms with Crippen LogP contribution < -0.4 is 0 Å². The summed E-state index contributed by atoms with van der Waals surface area (Å²) in [5.74, 6) is -0.405. The number of rotatable bonds is 6. The third-order valence-corrected chi connectivity index (χ3v) is 2.26. The molecule has 1 rings (SSSR count). The summed E-state index contributed by atoms with van der Waals surface area (Å²) in [7, 11) is 0. The number of hydrogen-bond donors (Lipinski definition) is 0. The zero-order valence-corrected chi connectivity index (χ0v) is 9.26. The van der Waals surface area contributed by atoms with Gasteiger partial charge in [-0.3, -0.25) is 0 Å². The Balaban J connectivity index is 2.43. The molecule has 0 N–H and O–H groups in total. The molecule has 0 saturated carbocycles. The Kier molecular flexibility index (Phi) is 5.06. The van der Waals surface area contributed by atoms with Gasteiger partial charge in [0.2, 0.25) is 0 Å². The van der Waals surface area contributed by atoms with E-state index in [9.17, 15) is 4.79 Å². The smallest absolute Gasteiger partial charge is 0.330 e. The van der Waals surface area contributed by atoms with E-state index >= 15 is 0 Å². The second kappa shape index (κ2) is 6.62. The van der Waals surface area contributed by atoms with Crippen LogP contribution in [0.1, 0.15) is 12.0 Å². The summed E-state index contributed by atoms with van der Waals surface area (Å²) in [6.07, 6.45) is 4.17. The lowest BCUT2D eigenvalue weighted by Gasteiger charge is -2.12. The highest BCUT2D eigenvalue weighted by molar-refractivity contribution is 5.81. The molecule has 0 radical (unpaired) electrons. The first kappa shape index (κ1) is 12.2. The normalized spacial score (nSPS) is 11.5. The minimum Gasteiger partial charge on any atom is -0.455 e. The molecule has 0 amide bonds. The number of ether oxygens (including phenoxy) is 1. The first-order chi connectivity index (χ1) is 7.76. The van der Waals surface area contributed by atoms with Crippen LogP contribution in [-0.4, -0.2) is 12.1 Å². The van der Waals surface area contributed by atoms with Crippen LogP contribution in [0.15, 0.2) is 55.6 Å². The Hall–Kier alpha value is -1.83. The van der Waals surface area contributed by atoms with Gasteiger partial charge < -0.3 is 4.74 Å². The molecule has 1 atom stereocenters. The number of carbonyl (C=O) groups excluding carboxylic acids is 1. The second-order valence-corrected chi connectivity index (χ2v) is 3.44. The second-order valence-electron chi connectivity index (χ2n) is 3.44. The molecule has 0 spiro atoms. The van der Waals surface area contributed by atoms with Gasteiger partial charge in [0.05, 0.1) is 0 Å². The van der Waals surface area contributed by atoms with Gasteiger partial charge in [-0.25, -0.2) is 4.79 Å². The lowest BCUT2D eigenvalue weighted by molar-refractivity contribution is -0.141. The topological polar surface area (TPSA) is 26.3 Å². The van der Waals surface area contributed by atoms with E-state index in [0.717, 1.165) is 12.8 Å². The van der Waals surface area contributed by atoms with Crippen molar-refractivity contribution < 1.29 is 9.53 Å². The van der Waals surface area contributed by atoms with Gasteiger partial charge >= 0.3 is 5.97 Å². The maximum atomic E-state index is 11.0. The highest BCUT2D eigenvalue weighted by atomic mass is 16.5. The van der Waals surface area contributed by atoms with E-state index < -0.39 is 5.97 Å². The Morgan fingerprint density at radius 2 is 2.00 bits per heavy atom. The molecule has 0 bridgehead atoms. The summed E-state index contributed by atoms with van der Waals surface area (Å²) in [5, 5.41) is 0. The molecule has 1 aromatic carbocycles. The van der Waals surface area contributed by atoms with Gasteiger partial charge in [0.1, 0.15) is 6.10 Å². The minimum atomic E-state index is -0.405. The fourth-order valence-electron chi connectivity index (χ4n) is 1.38. The molecule has 1 aromatic rings. The number of hydrogen-bond acceptors (Lipinski definition) is 2. The Morgan fingerprint density at radius 1 is 1.31 bits per heavy atom. The van der Waals surface area contributed by atoms with Crippen molar-refractivity contribution >= 4 is 5.97 Å². The van der Waals surface area contributed by atoms with E-state index in [1.165, 1.54) is 11.6 Å².